The lowest BCUT2D eigenvalue weighted by Crippen LogP contribution is -2.37. The summed E-state index contributed by atoms with van der Waals surface area (Å²) in [4.78, 5) is 6.45. The molecule has 2 aromatic carbocycles. The van der Waals surface area contributed by atoms with Crippen molar-refractivity contribution < 1.29 is 4.39 Å². The summed E-state index contributed by atoms with van der Waals surface area (Å²) < 4.78 is 16.4. The van der Waals surface area contributed by atoms with Crippen LogP contribution in [0.3, 0.4) is 0 Å². The van der Waals surface area contributed by atoms with Crippen molar-refractivity contribution in [2.24, 2.45) is 0 Å². The van der Waals surface area contributed by atoms with Crippen LogP contribution in [0.5, 0.6) is 0 Å². The number of hydrogen-bond acceptors (Lipinski definition) is 3. The quantitative estimate of drug-likeness (QED) is 0.621. The fourth-order valence-corrected chi connectivity index (χ4v) is 3.25. The summed E-state index contributed by atoms with van der Waals surface area (Å²) in [6.07, 6.45) is 6.49. The van der Waals surface area contributed by atoms with Gasteiger partial charge in [-0.05, 0) is 36.2 Å². The molecule has 25 heavy (non-hydrogen) atoms. The molecule has 1 N–H and O–H groups in total. The van der Waals surface area contributed by atoms with Gasteiger partial charge in [0.1, 0.15) is 11.8 Å². The first-order valence-electron chi connectivity index (χ1n) is 8.31. The van der Waals surface area contributed by atoms with Gasteiger partial charge in [0.05, 0.1) is 11.7 Å². The Balaban J connectivity index is 1.59. The minimum absolute atomic E-state index is 0.270. The summed E-state index contributed by atoms with van der Waals surface area (Å²) in [5.41, 5.74) is 5.19. The Hall–Kier alpha value is -3.15. The van der Waals surface area contributed by atoms with E-state index < -0.39 is 0 Å². The average molecular weight is 333 g/mol. The van der Waals surface area contributed by atoms with E-state index in [4.69, 9.17) is 0 Å². The summed E-state index contributed by atoms with van der Waals surface area (Å²) in [6.45, 7) is 1.97. The average Bonchev–Trinajstić information content (AvgIpc) is 3.23. The van der Waals surface area contributed by atoms with Crippen LogP contribution in [0.1, 0.15) is 6.42 Å². The lowest BCUT2D eigenvalue weighted by Gasteiger charge is -2.33. The molecule has 0 saturated carbocycles. The molecular weight excluding hydrogens is 317 g/mol. The predicted octanol–water partition coefficient (Wildman–Crippen LogP) is 3.76. The van der Waals surface area contributed by atoms with Gasteiger partial charge < -0.3 is 4.90 Å². The molecule has 6 heteroatoms. The molecule has 0 bridgehead atoms. The van der Waals surface area contributed by atoms with Gasteiger partial charge in [0.25, 0.3) is 0 Å². The van der Waals surface area contributed by atoms with Gasteiger partial charge in [0, 0.05) is 36.2 Å². The molecule has 3 heterocycles. The van der Waals surface area contributed by atoms with E-state index in [-0.39, 0.29) is 5.82 Å². The standard InChI is InChI=1S/C19H16FN5/c20-17-8-16(24-6-1-7-24)9-18-19(17)21-12-25(18)15-4-2-13(3-5-15)14-10-22-23-11-14/h2-5,8-12H,1,6-7H2,(H,22,23). The molecule has 1 aliphatic heterocycles. The van der Waals surface area contributed by atoms with E-state index >= 15 is 0 Å². The van der Waals surface area contributed by atoms with E-state index in [2.05, 4.69) is 20.1 Å². The highest BCUT2D eigenvalue weighted by atomic mass is 19.1. The summed E-state index contributed by atoms with van der Waals surface area (Å²) in [5.74, 6) is -0.270. The van der Waals surface area contributed by atoms with Crippen LogP contribution in [0.25, 0.3) is 27.8 Å². The maximum atomic E-state index is 14.4. The Bertz CT molecular complexity index is 1030. The van der Waals surface area contributed by atoms with Crippen LogP contribution in [0.15, 0.2) is 55.1 Å². The normalized spacial score (nSPS) is 14.0. The highest BCUT2D eigenvalue weighted by molar-refractivity contribution is 5.82. The molecule has 5 nitrogen and oxygen atoms in total. The Morgan fingerprint density at radius 3 is 2.52 bits per heavy atom. The number of nitrogens with one attached hydrogen (secondary N) is 1. The molecule has 5 rings (SSSR count). The summed E-state index contributed by atoms with van der Waals surface area (Å²) >= 11 is 0. The second kappa shape index (κ2) is 5.44. The molecular formula is C19H16FN5. The van der Waals surface area contributed by atoms with Crippen LogP contribution >= 0.6 is 0 Å². The first kappa shape index (κ1) is 14.2. The van der Waals surface area contributed by atoms with Crippen molar-refractivity contribution in [2.45, 2.75) is 6.42 Å². The topological polar surface area (TPSA) is 49.7 Å². The molecule has 0 unspecified atom stereocenters. The number of hydrogen-bond donors (Lipinski definition) is 1. The molecule has 0 spiro atoms. The van der Waals surface area contributed by atoms with E-state index in [1.54, 1.807) is 18.6 Å². The Labute approximate surface area is 143 Å². The van der Waals surface area contributed by atoms with Crippen LogP contribution in [0.2, 0.25) is 0 Å². The fourth-order valence-electron chi connectivity index (χ4n) is 3.25. The van der Waals surface area contributed by atoms with Crippen LogP contribution in [-0.4, -0.2) is 32.8 Å². The van der Waals surface area contributed by atoms with Crippen molar-refractivity contribution in [3.05, 3.63) is 60.9 Å². The molecule has 0 radical (unpaired) electrons. The van der Waals surface area contributed by atoms with Gasteiger partial charge in [-0.3, -0.25) is 9.67 Å². The van der Waals surface area contributed by atoms with Crippen molar-refractivity contribution in [3.63, 3.8) is 0 Å². The molecule has 1 saturated heterocycles. The van der Waals surface area contributed by atoms with E-state index in [1.165, 1.54) is 0 Å². The van der Waals surface area contributed by atoms with Crippen LogP contribution in [0.4, 0.5) is 10.1 Å². The predicted molar refractivity (Wildman–Crippen MR) is 95.4 cm³/mol. The maximum Gasteiger partial charge on any atom is 0.153 e. The van der Waals surface area contributed by atoms with Gasteiger partial charge in [0.15, 0.2) is 5.82 Å². The number of aromatic nitrogens is 4. The van der Waals surface area contributed by atoms with Gasteiger partial charge in [-0.15, -0.1) is 0 Å². The van der Waals surface area contributed by atoms with E-state index in [9.17, 15) is 4.39 Å². The molecule has 1 fully saturated rings. The monoisotopic (exact) mass is 333 g/mol. The second-order valence-electron chi connectivity index (χ2n) is 6.28. The Kier molecular flexibility index (Phi) is 3.09. The zero-order chi connectivity index (χ0) is 16.8. The van der Waals surface area contributed by atoms with Crippen LogP contribution in [-0.2, 0) is 0 Å². The van der Waals surface area contributed by atoms with Crippen molar-refractivity contribution in [3.8, 4) is 16.8 Å². The minimum Gasteiger partial charge on any atom is -0.371 e. The van der Waals surface area contributed by atoms with Crippen molar-refractivity contribution in [1.29, 1.82) is 0 Å². The van der Waals surface area contributed by atoms with Crippen molar-refractivity contribution in [1.82, 2.24) is 19.7 Å². The third kappa shape index (κ3) is 2.29. The molecule has 124 valence electrons. The van der Waals surface area contributed by atoms with Gasteiger partial charge in [-0.1, -0.05) is 12.1 Å². The van der Waals surface area contributed by atoms with Gasteiger partial charge >= 0.3 is 0 Å². The van der Waals surface area contributed by atoms with Gasteiger partial charge in [-0.2, -0.15) is 5.10 Å². The Morgan fingerprint density at radius 2 is 1.84 bits per heavy atom. The summed E-state index contributed by atoms with van der Waals surface area (Å²) in [7, 11) is 0. The lowest BCUT2D eigenvalue weighted by atomic mass is 10.1. The molecule has 0 aliphatic carbocycles. The zero-order valence-corrected chi connectivity index (χ0v) is 13.5. The van der Waals surface area contributed by atoms with Crippen LogP contribution in [0, 0.1) is 5.82 Å². The van der Waals surface area contributed by atoms with Gasteiger partial charge in [-0.25, -0.2) is 9.37 Å². The summed E-state index contributed by atoms with van der Waals surface area (Å²) in [6, 6.07) is 11.7. The van der Waals surface area contributed by atoms with Crippen LogP contribution < -0.4 is 4.90 Å². The number of imidazole rings is 1. The number of benzene rings is 2. The van der Waals surface area contributed by atoms with Crippen molar-refractivity contribution >= 4 is 16.7 Å². The number of nitrogens with zero attached hydrogens (tertiary/aromatic N) is 4. The molecule has 0 amide bonds. The molecule has 2 aromatic heterocycles. The first-order chi connectivity index (χ1) is 12.3. The van der Waals surface area contributed by atoms with E-state index in [0.29, 0.717) is 5.52 Å². The number of rotatable bonds is 3. The third-order valence-corrected chi connectivity index (χ3v) is 4.79. The number of fused-ring (bicyclic) bond motifs is 1. The highest BCUT2D eigenvalue weighted by Gasteiger charge is 2.18. The largest absolute Gasteiger partial charge is 0.371 e. The second-order valence-corrected chi connectivity index (χ2v) is 6.28. The van der Waals surface area contributed by atoms with Crippen molar-refractivity contribution in [2.75, 3.05) is 18.0 Å². The maximum absolute atomic E-state index is 14.4. The third-order valence-electron chi connectivity index (χ3n) is 4.79. The minimum atomic E-state index is -0.270. The SMILES string of the molecule is Fc1cc(N2CCC2)cc2c1ncn2-c1ccc(-c2cn[nH]c2)cc1. The number of aromatic amines is 1. The first-order valence-corrected chi connectivity index (χ1v) is 8.31. The molecule has 0 atom stereocenters. The van der Waals surface area contributed by atoms with E-state index in [0.717, 1.165) is 47.5 Å². The smallest absolute Gasteiger partial charge is 0.153 e. The van der Waals surface area contributed by atoms with E-state index in [1.807, 2.05) is 41.1 Å². The zero-order valence-electron chi connectivity index (χ0n) is 13.5. The molecule has 1 aliphatic rings. The fraction of sp³-hybridized carbons (Fsp3) is 0.158. The summed E-state index contributed by atoms with van der Waals surface area (Å²) in [5, 5.41) is 6.79. The number of H-pyrrole nitrogens is 1. The number of anilines is 1. The highest BCUT2D eigenvalue weighted by Crippen LogP contribution is 2.29. The molecule has 4 aromatic rings. The lowest BCUT2D eigenvalue weighted by molar-refractivity contribution is 0.607. The number of halogens is 1. The van der Waals surface area contributed by atoms with Gasteiger partial charge in [0.2, 0.25) is 0 Å². The Morgan fingerprint density at radius 1 is 1.00 bits per heavy atom.